The molecule has 2 rings (SSSR count). The monoisotopic (exact) mass is 241 g/mol. The topological polar surface area (TPSA) is 52.8 Å². The van der Waals surface area contributed by atoms with Crippen molar-refractivity contribution >= 4 is 6.21 Å². The maximum atomic E-state index is 9.58. The van der Waals surface area contributed by atoms with Crippen LogP contribution in [0.15, 0.2) is 53.5 Å². The molecule has 0 aliphatic carbocycles. The Bertz CT molecular complexity index is 532. The van der Waals surface area contributed by atoms with Crippen LogP contribution in [0, 0.1) is 0 Å². The number of hydrogen-bond acceptors (Lipinski definition) is 3. The summed E-state index contributed by atoms with van der Waals surface area (Å²) in [6.45, 7) is 0.623. The van der Waals surface area contributed by atoms with Gasteiger partial charge in [0.15, 0.2) is 0 Å². The molecule has 0 aliphatic heterocycles. The van der Waals surface area contributed by atoms with Crippen LogP contribution in [0.3, 0.4) is 0 Å². The van der Waals surface area contributed by atoms with Crippen LogP contribution < -0.4 is 0 Å². The molecule has 0 atom stereocenters. The van der Waals surface area contributed by atoms with Gasteiger partial charge in [0.2, 0.25) is 0 Å². The van der Waals surface area contributed by atoms with Crippen molar-refractivity contribution in [1.82, 2.24) is 0 Å². The summed E-state index contributed by atoms with van der Waals surface area (Å²) in [4.78, 5) is 4.29. The van der Waals surface area contributed by atoms with Crippen molar-refractivity contribution < 1.29 is 10.2 Å². The molecule has 0 bridgehead atoms. The summed E-state index contributed by atoms with van der Waals surface area (Å²) in [5.41, 5.74) is 1.85. The second kappa shape index (κ2) is 5.87. The normalized spacial score (nSPS) is 10.9. The van der Waals surface area contributed by atoms with E-state index in [1.807, 2.05) is 12.1 Å². The number of nitrogens with zero attached hydrogens (tertiary/aromatic N) is 1. The molecule has 3 heteroatoms. The number of rotatable bonds is 4. The Morgan fingerprint density at radius 1 is 0.944 bits per heavy atom. The molecule has 0 amide bonds. The lowest BCUT2D eigenvalue weighted by Crippen LogP contribution is -1.91. The number of hydrogen-bond donors (Lipinski definition) is 2. The summed E-state index contributed by atoms with van der Waals surface area (Å²) in [6.07, 6.45) is 2.47. The Labute approximate surface area is 106 Å². The highest BCUT2D eigenvalue weighted by atomic mass is 16.3. The van der Waals surface area contributed by atoms with Crippen molar-refractivity contribution in [2.24, 2.45) is 4.99 Å². The fraction of sp³-hybridized carbons (Fsp3) is 0.133. The Hall–Kier alpha value is -2.29. The van der Waals surface area contributed by atoms with Gasteiger partial charge in [0.05, 0.1) is 0 Å². The first kappa shape index (κ1) is 12.2. The van der Waals surface area contributed by atoms with E-state index in [0.29, 0.717) is 18.7 Å². The highest BCUT2D eigenvalue weighted by Gasteiger charge is 1.97. The molecule has 0 saturated carbocycles. The SMILES string of the molecule is Oc1ccc(C=NCCc2ccccc2O)cc1. The minimum atomic E-state index is 0.251. The van der Waals surface area contributed by atoms with Gasteiger partial charge in [-0.05, 0) is 47.9 Å². The van der Waals surface area contributed by atoms with Crippen LogP contribution in [0.4, 0.5) is 0 Å². The molecule has 2 aromatic rings. The van der Waals surface area contributed by atoms with Gasteiger partial charge in [-0.1, -0.05) is 18.2 Å². The van der Waals surface area contributed by atoms with Gasteiger partial charge in [0.1, 0.15) is 11.5 Å². The number of aliphatic imine (C=N–C) groups is 1. The van der Waals surface area contributed by atoms with E-state index in [4.69, 9.17) is 5.11 Å². The van der Waals surface area contributed by atoms with E-state index in [2.05, 4.69) is 4.99 Å². The maximum absolute atomic E-state index is 9.58. The van der Waals surface area contributed by atoms with Crippen LogP contribution in [0.2, 0.25) is 0 Å². The van der Waals surface area contributed by atoms with Crippen LogP contribution >= 0.6 is 0 Å². The minimum Gasteiger partial charge on any atom is -0.508 e. The number of phenols is 2. The molecular formula is C15H15NO2. The van der Waals surface area contributed by atoms with Crippen molar-refractivity contribution in [1.29, 1.82) is 0 Å². The van der Waals surface area contributed by atoms with Gasteiger partial charge < -0.3 is 10.2 Å². The third kappa shape index (κ3) is 3.35. The fourth-order valence-electron chi connectivity index (χ4n) is 1.64. The molecule has 0 heterocycles. The fourth-order valence-corrected chi connectivity index (χ4v) is 1.64. The van der Waals surface area contributed by atoms with E-state index in [-0.39, 0.29) is 5.75 Å². The van der Waals surface area contributed by atoms with E-state index in [1.54, 1.807) is 42.6 Å². The largest absolute Gasteiger partial charge is 0.508 e. The van der Waals surface area contributed by atoms with E-state index in [1.165, 1.54) is 0 Å². The molecule has 3 nitrogen and oxygen atoms in total. The number of phenolic OH excluding ortho intramolecular Hbond substituents is 2. The van der Waals surface area contributed by atoms with Crippen molar-refractivity contribution in [2.75, 3.05) is 6.54 Å². The van der Waals surface area contributed by atoms with Gasteiger partial charge in [0, 0.05) is 12.8 Å². The second-order valence-corrected chi connectivity index (χ2v) is 4.01. The lowest BCUT2D eigenvalue weighted by Gasteiger charge is -2.01. The van der Waals surface area contributed by atoms with E-state index >= 15 is 0 Å². The summed E-state index contributed by atoms with van der Waals surface area (Å²) in [7, 11) is 0. The Morgan fingerprint density at radius 2 is 1.67 bits per heavy atom. The number of aromatic hydroxyl groups is 2. The van der Waals surface area contributed by atoms with E-state index in [0.717, 1.165) is 11.1 Å². The van der Waals surface area contributed by atoms with Crippen LogP contribution in [0.1, 0.15) is 11.1 Å². The molecule has 0 radical (unpaired) electrons. The second-order valence-electron chi connectivity index (χ2n) is 4.01. The number of benzene rings is 2. The molecule has 0 spiro atoms. The molecule has 18 heavy (non-hydrogen) atoms. The van der Waals surface area contributed by atoms with Gasteiger partial charge in [-0.2, -0.15) is 0 Å². The Balaban J connectivity index is 1.89. The summed E-state index contributed by atoms with van der Waals surface area (Å²) in [5.74, 6) is 0.568. The Morgan fingerprint density at radius 3 is 2.39 bits per heavy atom. The molecular weight excluding hydrogens is 226 g/mol. The molecule has 0 unspecified atom stereocenters. The highest BCUT2D eigenvalue weighted by molar-refractivity contribution is 5.79. The van der Waals surface area contributed by atoms with E-state index < -0.39 is 0 Å². The third-order valence-corrected chi connectivity index (χ3v) is 2.64. The smallest absolute Gasteiger partial charge is 0.118 e. The summed E-state index contributed by atoms with van der Waals surface area (Å²) in [5, 5.41) is 18.7. The van der Waals surface area contributed by atoms with Crippen LogP contribution in [-0.4, -0.2) is 23.0 Å². The van der Waals surface area contributed by atoms with Crippen molar-refractivity contribution in [3.05, 3.63) is 59.7 Å². The molecule has 0 aliphatic rings. The van der Waals surface area contributed by atoms with Crippen molar-refractivity contribution in [3.63, 3.8) is 0 Å². The summed E-state index contributed by atoms with van der Waals surface area (Å²) in [6, 6.07) is 14.1. The summed E-state index contributed by atoms with van der Waals surface area (Å²) < 4.78 is 0. The molecule has 0 fully saturated rings. The van der Waals surface area contributed by atoms with Crippen LogP contribution in [-0.2, 0) is 6.42 Å². The van der Waals surface area contributed by atoms with Gasteiger partial charge in [0.25, 0.3) is 0 Å². The molecule has 0 aromatic heterocycles. The average Bonchev–Trinajstić information content (AvgIpc) is 2.39. The molecule has 2 aromatic carbocycles. The van der Waals surface area contributed by atoms with Crippen LogP contribution in [0.5, 0.6) is 11.5 Å². The predicted molar refractivity (Wildman–Crippen MR) is 72.4 cm³/mol. The molecule has 2 N–H and O–H groups in total. The Kier molecular flexibility index (Phi) is 3.97. The van der Waals surface area contributed by atoms with E-state index in [9.17, 15) is 5.11 Å². The number of para-hydroxylation sites is 1. The van der Waals surface area contributed by atoms with Crippen molar-refractivity contribution in [2.45, 2.75) is 6.42 Å². The summed E-state index contributed by atoms with van der Waals surface area (Å²) >= 11 is 0. The van der Waals surface area contributed by atoms with Crippen LogP contribution in [0.25, 0.3) is 0 Å². The zero-order valence-corrected chi connectivity index (χ0v) is 9.95. The van der Waals surface area contributed by atoms with Gasteiger partial charge in [-0.15, -0.1) is 0 Å². The molecule has 92 valence electrons. The first-order valence-corrected chi connectivity index (χ1v) is 5.81. The maximum Gasteiger partial charge on any atom is 0.118 e. The van der Waals surface area contributed by atoms with Gasteiger partial charge >= 0.3 is 0 Å². The quantitative estimate of drug-likeness (QED) is 0.809. The van der Waals surface area contributed by atoms with Gasteiger partial charge in [-0.25, -0.2) is 0 Å². The van der Waals surface area contributed by atoms with Crippen molar-refractivity contribution in [3.8, 4) is 11.5 Å². The lowest BCUT2D eigenvalue weighted by atomic mass is 10.1. The zero-order chi connectivity index (χ0) is 12.8. The minimum absolute atomic E-state index is 0.251. The highest BCUT2D eigenvalue weighted by Crippen LogP contribution is 2.15. The lowest BCUT2D eigenvalue weighted by molar-refractivity contribution is 0.468. The zero-order valence-electron chi connectivity index (χ0n) is 9.95. The predicted octanol–water partition coefficient (Wildman–Crippen LogP) is 2.76. The first-order valence-electron chi connectivity index (χ1n) is 5.81. The standard InChI is InChI=1S/C15H15NO2/c17-14-7-5-12(6-8-14)11-16-10-9-13-3-1-2-4-15(13)18/h1-8,11,17-18H,9-10H2. The third-order valence-electron chi connectivity index (χ3n) is 2.64. The first-order chi connectivity index (χ1) is 8.75. The molecule has 0 saturated heterocycles. The van der Waals surface area contributed by atoms with Gasteiger partial charge in [-0.3, -0.25) is 4.99 Å². The average molecular weight is 241 g/mol.